The van der Waals surface area contributed by atoms with E-state index in [9.17, 15) is 20.1 Å². The van der Waals surface area contributed by atoms with Crippen LogP contribution in [0.15, 0.2) is 18.7 Å². The van der Waals surface area contributed by atoms with E-state index < -0.39 is 36.6 Å². The summed E-state index contributed by atoms with van der Waals surface area (Å²) < 4.78 is 6.61. The van der Waals surface area contributed by atoms with Crippen LogP contribution in [-0.4, -0.2) is 55.2 Å². The molecule has 8 N–H and O–H groups in total. The number of carbonyl (C=O) groups excluding carboxylic acids is 1. The Kier molecular flexibility index (Phi) is 4.37. The Hall–Kier alpha value is -2.14. The maximum atomic E-state index is 11.8. The molecule has 1 aliphatic heterocycles. The summed E-state index contributed by atoms with van der Waals surface area (Å²) in [6, 6.07) is 0. The minimum atomic E-state index is -1.34. The number of nitrogens with one attached hydrogen (secondary N) is 1. The van der Waals surface area contributed by atoms with Gasteiger partial charge in [-0.1, -0.05) is 6.58 Å². The van der Waals surface area contributed by atoms with Gasteiger partial charge in [-0.15, -0.1) is 0 Å². The number of anilines is 1. The topological polar surface area (TPSA) is 169 Å². The van der Waals surface area contributed by atoms with Crippen molar-refractivity contribution < 1.29 is 24.9 Å². The van der Waals surface area contributed by atoms with Crippen molar-refractivity contribution in [3.63, 3.8) is 0 Å². The third-order valence-corrected chi connectivity index (χ3v) is 3.35. The zero-order chi connectivity index (χ0) is 16.6. The minimum absolute atomic E-state index is 0.0688. The Balaban J connectivity index is 2.26. The molecule has 0 spiro atoms. The molecule has 1 fully saturated rings. The van der Waals surface area contributed by atoms with Crippen LogP contribution in [0.1, 0.15) is 23.6 Å². The number of nitrogens with two attached hydrogens (primary N) is 2. The summed E-state index contributed by atoms with van der Waals surface area (Å²) in [5.74, 6) is -0.814. The van der Waals surface area contributed by atoms with Crippen molar-refractivity contribution in [2.75, 3.05) is 5.73 Å². The number of aliphatic hydroxyl groups excluding tert-OH is 3. The predicted molar refractivity (Wildman–Crippen MR) is 75.0 cm³/mol. The lowest BCUT2D eigenvalue weighted by Crippen LogP contribution is -2.37. The number of aromatic nitrogens is 2. The quantitative estimate of drug-likeness (QED) is 0.358. The van der Waals surface area contributed by atoms with E-state index in [0.717, 1.165) is 0 Å². The fraction of sp³-hybridized carbons (Fsp3) is 0.500. The van der Waals surface area contributed by atoms with Gasteiger partial charge in [-0.2, -0.15) is 0 Å². The number of nitrogen functional groups attached to an aromatic ring is 1. The number of hydrogen-bond donors (Lipinski definition) is 6. The highest BCUT2D eigenvalue weighted by atomic mass is 16.6. The molecule has 1 aliphatic rings. The molecule has 10 heteroatoms. The average Bonchev–Trinajstić information content (AvgIpc) is 2.91. The van der Waals surface area contributed by atoms with E-state index in [0.29, 0.717) is 0 Å². The zero-order valence-corrected chi connectivity index (χ0v) is 11.9. The molecule has 0 aliphatic carbocycles. The molecular weight excluding hydrogens is 294 g/mol. The summed E-state index contributed by atoms with van der Waals surface area (Å²) in [5, 5.41) is 31.7. The van der Waals surface area contributed by atoms with Gasteiger partial charge in [-0.05, 0) is 6.92 Å². The van der Waals surface area contributed by atoms with Crippen LogP contribution in [0.5, 0.6) is 0 Å². The van der Waals surface area contributed by atoms with E-state index in [1.807, 2.05) is 0 Å². The van der Waals surface area contributed by atoms with E-state index in [-0.39, 0.29) is 17.3 Å². The highest BCUT2D eigenvalue weighted by Crippen LogP contribution is 2.33. The van der Waals surface area contributed by atoms with Gasteiger partial charge in [0.15, 0.2) is 11.9 Å². The lowest BCUT2D eigenvalue weighted by molar-refractivity contribution is -0.0782. The Morgan fingerprint density at radius 3 is 2.68 bits per heavy atom. The molecule has 0 aromatic carbocycles. The number of nitrogens with zero attached hydrogens (tertiary/aromatic N) is 2. The Morgan fingerprint density at radius 2 is 2.18 bits per heavy atom. The highest BCUT2D eigenvalue weighted by Gasteiger charge is 2.46. The molecule has 1 aromatic heterocycles. The van der Waals surface area contributed by atoms with Crippen molar-refractivity contribution >= 4 is 11.7 Å². The van der Waals surface area contributed by atoms with Gasteiger partial charge in [0, 0.05) is 0 Å². The van der Waals surface area contributed by atoms with Gasteiger partial charge in [0.25, 0.3) is 5.91 Å². The SMILES string of the molecule is C=C(N)NC(=O)c1ncn([C@@H]2O[C@H](C(C)O)[C@@H](O)[C@H]2O)c1N. The first-order chi connectivity index (χ1) is 10.2. The Labute approximate surface area is 126 Å². The highest BCUT2D eigenvalue weighted by molar-refractivity contribution is 5.97. The van der Waals surface area contributed by atoms with E-state index in [1.165, 1.54) is 17.8 Å². The van der Waals surface area contributed by atoms with Crippen LogP contribution < -0.4 is 16.8 Å². The first-order valence-electron chi connectivity index (χ1n) is 6.51. The van der Waals surface area contributed by atoms with Crippen molar-refractivity contribution in [2.24, 2.45) is 5.73 Å². The van der Waals surface area contributed by atoms with Gasteiger partial charge < -0.3 is 36.8 Å². The second-order valence-electron chi connectivity index (χ2n) is 5.08. The average molecular weight is 313 g/mol. The summed E-state index contributed by atoms with van der Waals surface area (Å²) in [5.41, 5.74) is 11.0. The third kappa shape index (κ3) is 2.76. The van der Waals surface area contributed by atoms with Gasteiger partial charge in [0.05, 0.1) is 18.3 Å². The summed E-state index contributed by atoms with van der Waals surface area (Å²) in [6.07, 6.45) is -4.51. The lowest BCUT2D eigenvalue weighted by Gasteiger charge is -2.18. The smallest absolute Gasteiger partial charge is 0.279 e. The fourth-order valence-electron chi connectivity index (χ4n) is 2.27. The molecule has 1 amide bonds. The Bertz CT molecular complexity index is 586. The lowest BCUT2D eigenvalue weighted by atomic mass is 10.1. The van der Waals surface area contributed by atoms with Crippen LogP contribution >= 0.6 is 0 Å². The van der Waals surface area contributed by atoms with Gasteiger partial charge in [-0.3, -0.25) is 9.36 Å². The molecule has 5 atom stereocenters. The van der Waals surface area contributed by atoms with Crippen LogP contribution in [0.25, 0.3) is 0 Å². The molecule has 0 saturated carbocycles. The van der Waals surface area contributed by atoms with Crippen molar-refractivity contribution in [1.29, 1.82) is 0 Å². The van der Waals surface area contributed by atoms with Crippen molar-refractivity contribution in [2.45, 2.75) is 37.6 Å². The van der Waals surface area contributed by atoms with Gasteiger partial charge in [0.1, 0.15) is 24.1 Å². The number of ether oxygens (including phenoxy) is 1. The Morgan fingerprint density at radius 1 is 1.55 bits per heavy atom. The number of amides is 1. The van der Waals surface area contributed by atoms with Crippen molar-refractivity contribution in [1.82, 2.24) is 14.9 Å². The molecule has 0 bridgehead atoms. The zero-order valence-electron chi connectivity index (χ0n) is 11.9. The third-order valence-electron chi connectivity index (χ3n) is 3.35. The molecule has 2 rings (SSSR count). The molecule has 2 heterocycles. The molecule has 0 radical (unpaired) electrons. The maximum absolute atomic E-state index is 11.8. The number of aliphatic hydroxyl groups is 3. The fourth-order valence-corrected chi connectivity index (χ4v) is 2.27. The predicted octanol–water partition coefficient (Wildman–Crippen LogP) is -2.37. The van der Waals surface area contributed by atoms with Crippen LogP contribution in [0, 0.1) is 0 Å². The molecule has 22 heavy (non-hydrogen) atoms. The minimum Gasteiger partial charge on any atom is -0.391 e. The molecule has 122 valence electrons. The number of rotatable bonds is 4. The van der Waals surface area contributed by atoms with Crippen LogP contribution in [0.3, 0.4) is 0 Å². The standard InChI is InChI=1S/C12H19N5O5/c1-4(18)9-7(19)8(20)12(22-9)17-3-15-6(10(17)14)11(21)16-5(2)13/h3-4,7-9,12,18-20H,2,13-14H2,1H3,(H,16,21)/t4?,7-,8+,9+,12+/m0/s1. The summed E-state index contributed by atoms with van der Waals surface area (Å²) >= 11 is 0. The first-order valence-corrected chi connectivity index (χ1v) is 6.51. The molecule has 1 aromatic rings. The second-order valence-corrected chi connectivity index (χ2v) is 5.08. The van der Waals surface area contributed by atoms with E-state index >= 15 is 0 Å². The van der Waals surface area contributed by atoms with E-state index in [2.05, 4.69) is 16.9 Å². The summed E-state index contributed by atoms with van der Waals surface area (Å²) in [6.45, 7) is 4.75. The molecule has 1 unspecified atom stereocenters. The van der Waals surface area contributed by atoms with E-state index in [1.54, 1.807) is 0 Å². The number of hydrogen-bond acceptors (Lipinski definition) is 8. The molecule has 1 saturated heterocycles. The van der Waals surface area contributed by atoms with Gasteiger partial charge in [0.2, 0.25) is 0 Å². The maximum Gasteiger partial charge on any atom is 0.279 e. The van der Waals surface area contributed by atoms with Crippen LogP contribution in [-0.2, 0) is 4.74 Å². The largest absolute Gasteiger partial charge is 0.391 e. The summed E-state index contributed by atoms with van der Waals surface area (Å²) in [7, 11) is 0. The van der Waals surface area contributed by atoms with Crippen LogP contribution in [0.4, 0.5) is 5.82 Å². The normalized spacial score (nSPS) is 29.3. The monoisotopic (exact) mass is 313 g/mol. The second kappa shape index (κ2) is 5.93. The van der Waals surface area contributed by atoms with E-state index in [4.69, 9.17) is 16.2 Å². The van der Waals surface area contributed by atoms with Crippen molar-refractivity contribution in [3.8, 4) is 0 Å². The number of carbonyl (C=O) groups is 1. The van der Waals surface area contributed by atoms with Crippen LogP contribution in [0.2, 0.25) is 0 Å². The molecular formula is C12H19N5O5. The van der Waals surface area contributed by atoms with Gasteiger partial charge >= 0.3 is 0 Å². The first kappa shape index (κ1) is 16.2. The molecule has 10 nitrogen and oxygen atoms in total. The van der Waals surface area contributed by atoms with Gasteiger partial charge in [-0.25, -0.2) is 4.98 Å². The van der Waals surface area contributed by atoms with Crippen molar-refractivity contribution in [3.05, 3.63) is 24.4 Å². The summed E-state index contributed by atoms with van der Waals surface area (Å²) in [4.78, 5) is 15.7. The number of imidazole rings is 1.